The monoisotopic (exact) mass is 242 g/mol. The van der Waals surface area contributed by atoms with Crippen molar-refractivity contribution in [2.75, 3.05) is 6.61 Å². The number of nitrogens with one attached hydrogen (secondary N) is 1. The molecule has 17 heavy (non-hydrogen) atoms. The first kappa shape index (κ1) is 13.2. The van der Waals surface area contributed by atoms with Crippen LogP contribution in [-0.2, 0) is 16.1 Å². The van der Waals surface area contributed by atoms with E-state index in [1.165, 1.54) is 6.07 Å². The second kappa shape index (κ2) is 6.00. The van der Waals surface area contributed by atoms with E-state index in [2.05, 4.69) is 10.5 Å². The van der Waals surface area contributed by atoms with Gasteiger partial charge in [0.25, 0.3) is 0 Å². The Bertz CT molecular complexity index is 401. The number of ether oxygens (including phenoxy) is 1. The second-order valence-electron chi connectivity index (χ2n) is 3.34. The predicted molar refractivity (Wildman–Crippen MR) is 56.4 cm³/mol. The van der Waals surface area contributed by atoms with Crippen molar-refractivity contribution in [3.05, 3.63) is 17.5 Å². The van der Waals surface area contributed by atoms with Gasteiger partial charge in [0.15, 0.2) is 11.5 Å². The Kier molecular flexibility index (Phi) is 4.65. The number of aromatic nitrogens is 1. The van der Waals surface area contributed by atoms with Crippen LogP contribution in [0.3, 0.4) is 0 Å². The number of carboxylic acids is 1. The Morgan fingerprint density at radius 2 is 2.35 bits per heavy atom. The number of aromatic carboxylic acids is 1. The molecule has 1 unspecified atom stereocenters. The maximum atomic E-state index is 11.3. The van der Waals surface area contributed by atoms with Gasteiger partial charge in [-0.3, -0.25) is 10.1 Å². The molecule has 94 valence electrons. The molecule has 0 aliphatic carbocycles. The third-order valence-electron chi connectivity index (χ3n) is 2.00. The van der Waals surface area contributed by atoms with Gasteiger partial charge in [-0.05, 0) is 13.8 Å². The minimum atomic E-state index is -1.15. The molecule has 0 aromatic carbocycles. The van der Waals surface area contributed by atoms with E-state index in [0.29, 0.717) is 12.4 Å². The van der Waals surface area contributed by atoms with Crippen molar-refractivity contribution in [3.63, 3.8) is 0 Å². The van der Waals surface area contributed by atoms with Crippen molar-refractivity contribution in [3.8, 4) is 0 Å². The van der Waals surface area contributed by atoms with E-state index in [1.54, 1.807) is 13.8 Å². The fourth-order valence-electron chi connectivity index (χ4n) is 1.10. The van der Waals surface area contributed by atoms with Crippen LogP contribution < -0.4 is 5.32 Å². The van der Waals surface area contributed by atoms with Gasteiger partial charge in [0, 0.05) is 6.07 Å². The van der Waals surface area contributed by atoms with Gasteiger partial charge in [-0.1, -0.05) is 5.16 Å². The highest BCUT2D eigenvalue weighted by Gasteiger charge is 2.15. The number of hydrogen-bond acceptors (Lipinski definition) is 6. The Hall–Kier alpha value is -1.89. The molecule has 0 bridgehead atoms. The number of carbonyl (C=O) groups is 2. The standard InChI is InChI=1S/C10H14N2O5/c1-3-16-10(15)6(2)11-5-7-4-8(9(13)14)12-17-7/h4,6,11H,3,5H2,1-2H3,(H,13,14). The fourth-order valence-corrected chi connectivity index (χ4v) is 1.10. The van der Waals surface area contributed by atoms with Gasteiger partial charge in [0.05, 0.1) is 13.2 Å². The molecule has 0 saturated carbocycles. The zero-order valence-corrected chi connectivity index (χ0v) is 9.60. The number of nitrogens with zero attached hydrogens (tertiary/aromatic N) is 1. The molecule has 2 N–H and O–H groups in total. The summed E-state index contributed by atoms with van der Waals surface area (Å²) in [5, 5.41) is 14.8. The molecule has 7 heteroatoms. The topological polar surface area (TPSA) is 102 Å². The molecule has 0 radical (unpaired) electrons. The first-order valence-electron chi connectivity index (χ1n) is 5.13. The largest absolute Gasteiger partial charge is 0.476 e. The average molecular weight is 242 g/mol. The first-order valence-corrected chi connectivity index (χ1v) is 5.13. The van der Waals surface area contributed by atoms with E-state index in [-0.39, 0.29) is 18.2 Å². The van der Waals surface area contributed by atoms with Gasteiger partial charge in [-0.15, -0.1) is 0 Å². The van der Waals surface area contributed by atoms with Crippen molar-refractivity contribution in [1.82, 2.24) is 10.5 Å². The predicted octanol–water partition coefficient (Wildman–Crippen LogP) is 0.414. The molecule has 0 spiro atoms. The van der Waals surface area contributed by atoms with Crippen LogP contribution in [-0.4, -0.2) is 34.9 Å². The van der Waals surface area contributed by atoms with Crippen molar-refractivity contribution >= 4 is 11.9 Å². The molecule has 0 fully saturated rings. The Balaban J connectivity index is 2.44. The molecule has 7 nitrogen and oxygen atoms in total. The van der Waals surface area contributed by atoms with Crippen LogP contribution in [0.1, 0.15) is 30.1 Å². The summed E-state index contributed by atoms with van der Waals surface area (Å²) in [6.07, 6.45) is 0. The molecular formula is C10H14N2O5. The van der Waals surface area contributed by atoms with Gasteiger partial charge < -0.3 is 14.4 Å². The summed E-state index contributed by atoms with van der Waals surface area (Å²) in [5.41, 5.74) is -0.161. The van der Waals surface area contributed by atoms with Crippen LogP contribution in [0, 0.1) is 0 Å². The lowest BCUT2D eigenvalue weighted by Gasteiger charge is -2.10. The van der Waals surface area contributed by atoms with Gasteiger partial charge >= 0.3 is 11.9 Å². The molecule has 0 amide bonds. The third kappa shape index (κ3) is 3.87. The molecule has 0 aliphatic heterocycles. The summed E-state index contributed by atoms with van der Waals surface area (Å²) in [7, 11) is 0. The molecular weight excluding hydrogens is 228 g/mol. The SMILES string of the molecule is CCOC(=O)C(C)NCc1cc(C(=O)O)no1. The van der Waals surface area contributed by atoms with E-state index in [9.17, 15) is 9.59 Å². The quantitative estimate of drug-likeness (QED) is 0.696. The van der Waals surface area contributed by atoms with Crippen LogP contribution in [0.2, 0.25) is 0 Å². The molecule has 1 heterocycles. The summed E-state index contributed by atoms with van der Waals surface area (Å²) < 4.78 is 9.56. The minimum Gasteiger partial charge on any atom is -0.476 e. The summed E-state index contributed by atoms with van der Waals surface area (Å²) in [6, 6.07) is 0.807. The van der Waals surface area contributed by atoms with Gasteiger partial charge in [-0.25, -0.2) is 4.79 Å². The molecule has 1 rings (SSSR count). The summed E-state index contributed by atoms with van der Waals surface area (Å²) in [5.74, 6) is -1.18. The summed E-state index contributed by atoms with van der Waals surface area (Å²) in [6.45, 7) is 3.89. The maximum Gasteiger partial charge on any atom is 0.358 e. The molecule has 1 aromatic rings. The first-order chi connectivity index (χ1) is 8.04. The van der Waals surface area contributed by atoms with Crippen molar-refractivity contribution in [2.24, 2.45) is 0 Å². The Morgan fingerprint density at radius 1 is 1.65 bits per heavy atom. The zero-order valence-electron chi connectivity index (χ0n) is 9.60. The van der Waals surface area contributed by atoms with Gasteiger partial charge in [-0.2, -0.15) is 0 Å². The van der Waals surface area contributed by atoms with Crippen molar-refractivity contribution in [1.29, 1.82) is 0 Å². The molecule has 0 saturated heterocycles. The van der Waals surface area contributed by atoms with E-state index in [4.69, 9.17) is 14.4 Å². The van der Waals surface area contributed by atoms with Crippen LogP contribution in [0.5, 0.6) is 0 Å². The Morgan fingerprint density at radius 3 is 2.88 bits per heavy atom. The van der Waals surface area contributed by atoms with E-state index in [1.807, 2.05) is 0 Å². The highest BCUT2D eigenvalue weighted by atomic mass is 16.5. The van der Waals surface area contributed by atoms with Gasteiger partial charge in [0.2, 0.25) is 0 Å². The summed E-state index contributed by atoms with van der Waals surface area (Å²) in [4.78, 5) is 21.8. The molecule has 1 aromatic heterocycles. The fraction of sp³-hybridized carbons (Fsp3) is 0.500. The number of carbonyl (C=O) groups excluding carboxylic acids is 1. The number of hydrogen-bond donors (Lipinski definition) is 2. The number of rotatable bonds is 6. The lowest BCUT2D eigenvalue weighted by atomic mass is 10.3. The molecule has 0 aliphatic rings. The van der Waals surface area contributed by atoms with E-state index < -0.39 is 12.0 Å². The normalized spacial score (nSPS) is 12.1. The molecule has 1 atom stereocenters. The van der Waals surface area contributed by atoms with E-state index in [0.717, 1.165) is 0 Å². The zero-order chi connectivity index (χ0) is 12.8. The average Bonchev–Trinajstić information content (AvgIpc) is 2.75. The van der Waals surface area contributed by atoms with Crippen molar-refractivity contribution < 1.29 is 24.0 Å². The highest BCUT2D eigenvalue weighted by Crippen LogP contribution is 2.03. The van der Waals surface area contributed by atoms with E-state index >= 15 is 0 Å². The van der Waals surface area contributed by atoms with Crippen molar-refractivity contribution in [2.45, 2.75) is 26.4 Å². The van der Waals surface area contributed by atoms with Crippen LogP contribution in [0.25, 0.3) is 0 Å². The minimum absolute atomic E-state index is 0.161. The van der Waals surface area contributed by atoms with Crippen LogP contribution >= 0.6 is 0 Å². The number of esters is 1. The van der Waals surface area contributed by atoms with Gasteiger partial charge in [0.1, 0.15) is 6.04 Å². The van der Waals surface area contributed by atoms with Crippen LogP contribution in [0.4, 0.5) is 0 Å². The number of carboxylic acid groups (broad SMARTS) is 1. The second-order valence-corrected chi connectivity index (χ2v) is 3.34. The lowest BCUT2D eigenvalue weighted by molar-refractivity contribution is -0.145. The Labute approximate surface area is 97.7 Å². The highest BCUT2D eigenvalue weighted by molar-refractivity contribution is 5.85. The maximum absolute atomic E-state index is 11.3. The summed E-state index contributed by atoms with van der Waals surface area (Å²) >= 11 is 0. The van der Waals surface area contributed by atoms with Crippen LogP contribution in [0.15, 0.2) is 10.6 Å². The smallest absolute Gasteiger partial charge is 0.358 e. The third-order valence-corrected chi connectivity index (χ3v) is 2.00. The lowest BCUT2D eigenvalue weighted by Crippen LogP contribution is -2.34.